The van der Waals surface area contributed by atoms with E-state index in [0.717, 1.165) is 16.7 Å². The van der Waals surface area contributed by atoms with Crippen LogP contribution in [-0.4, -0.2) is 38.9 Å². The fraction of sp³-hybridized carbons (Fsp3) is 0.147. The fourth-order valence-corrected chi connectivity index (χ4v) is 5.17. The average Bonchev–Trinajstić information content (AvgIpc) is 3.24. The minimum Gasteiger partial charge on any atom is -0.480 e. The number of carbonyl (C=O) groups is 3. The Morgan fingerprint density at radius 3 is 1.93 bits per heavy atom. The van der Waals surface area contributed by atoms with Crippen molar-refractivity contribution in [2.24, 2.45) is 5.73 Å². The van der Waals surface area contributed by atoms with Gasteiger partial charge in [0.15, 0.2) is 5.60 Å². The second-order valence-electron chi connectivity index (χ2n) is 9.91. The molecular formula is C34H28N2O5. The Labute approximate surface area is 237 Å². The van der Waals surface area contributed by atoms with E-state index in [0.29, 0.717) is 16.7 Å². The molecule has 1 aliphatic carbocycles. The van der Waals surface area contributed by atoms with Crippen molar-refractivity contribution in [2.75, 3.05) is 0 Å². The Morgan fingerprint density at radius 2 is 1.37 bits per heavy atom. The van der Waals surface area contributed by atoms with Crippen LogP contribution in [0.4, 0.5) is 0 Å². The van der Waals surface area contributed by atoms with Crippen molar-refractivity contribution < 1.29 is 24.6 Å². The summed E-state index contributed by atoms with van der Waals surface area (Å²) >= 11 is 0. The van der Waals surface area contributed by atoms with Crippen LogP contribution in [-0.2, 0) is 21.7 Å². The molecule has 0 fully saturated rings. The molecule has 0 saturated heterocycles. The highest BCUT2D eigenvalue weighted by Crippen LogP contribution is 2.46. The second kappa shape index (κ2) is 11.5. The first-order chi connectivity index (χ1) is 19.8. The standard InChI is InChI=1S/C34H28N2O5/c35-31(37)19-18-30(33(39)40)36(22-24-8-2-1-3-9-24)32(38)25-16-14-23(15-17-25)20-21-34(41)28-12-6-4-10-26(28)27-11-5-7-13-29(27)34/h1-17,30,41H,18-19,22H2,(H2,35,37)(H,39,40)/t30-/m0/s1. The number of aliphatic hydroxyl groups is 1. The molecule has 7 nitrogen and oxygen atoms in total. The zero-order valence-electron chi connectivity index (χ0n) is 22.2. The lowest BCUT2D eigenvalue weighted by Crippen LogP contribution is -2.45. The Morgan fingerprint density at radius 1 is 0.805 bits per heavy atom. The van der Waals surface area contributed by atoms with E-state index in [4.69, 9.17) is 5.73 Å². The van der Waals surface area contributed by atoms with Gasteiger partial charge in [-0.15, -0.1) is 0 Å². The van der Waals surface area contributed by atoms with Crippen molar-refractivity contribution in [1.29, 1.82) is 0 Å². The van der Waals surface area contributed by atoms with Crippen LogP contribution in [0.25, 0.3) is 11.1 Å². The van der Waals surface area contributed by atoms with Gasteiger partial charge in [-0.05, 0) is 47.4 Å². The number of carboxylic acids is 1. The van der Waals surface area contributed by atoms with Crippen molar-refractivity contribution in [3.63, 3.8) is 0 Å². The first-order valence-corrected chi connectivity index (χ1v) is 13.2. The highest BCUT2D eigenvalue weighted by Gasteiger charge is 2.40. The lowest BCUT2D eigenvalue weighted by Gasteiger charge is -2.29. The molecule has 0 saturated carbocycles. The molecule has 4 aromatic rings. The Balaban J connectivity index is 1.43. The molecule has 1 atom stereocenters. The molecule has 5 rings (SSSR count). The molecule has 41 heavy (non-hydrogen) atoms. The maximum atomic E-state index is 13.6. The molecule has 4 aromatic carbocycles. The molecule has 204 valence electrons. The fourth-order valence-electron chi connectivity index (χ4n) is 5.17. The van der Waals surface area contributed by atoms with Gasteiger partial charge in [-0.2, -0.15) is 0 Å². The summed E-state index contributed by atoms with van der Waals surface area (Å²) in [4.78, 5) is 38.4. The van der Waals surface area contributed by atoms with Gasteiger partial charge in [0.05, 0.1) is 0 Å². The molecule has 0 unspecified atom stereocenters. The highest BCUT2D eigenvalue weighted by molar-refractivity contribution is 5.97. The van der Waals surface area contributed by atoms with E-state index in [1.807, 2.05) is 54.6 Å². The largest absolute Gasteiger partial charge is 0.480 e. The van der Waals surface area contributed by atoms with Gasteiger partial charge >= 0.3 is 5.97 Å². The molecule has 7 heteroatoms. The maximum Gasteiger partial charge on any atom is 0.326 e. The third kappa shape index (κ3) is 5.60. The van der Waals surface area contributed by atoms with Crippen LogP contribution < -0.4 is 5.73 Å². The van der Waals surface area contributed by atoms with Gasteiger partial charge in [-0.25, -0.2) is 4.79 Å². The number of nitrogens with zero attached hydrogens (tertiary/aromatic N) is 1. The summed E-state index contributed by atoms with van der Waals surface area (Å²) in [7, 11) is 0. The number of benzene rings is 4. The van der Waals surface area contributed by atoms with Crippen molar-refractivity contribution in [1.82, 2.24) is 4.90 Å². The topological polar surface area (TPSA) is 121 Å². The molecule has 2 amide bonds. The van der Waals surface area contributed by atoms with Crippen LogP contribution in [0.5, 0.6) is 0 Å². The Kier molecular flexibility index (Phi) is 7.68. The van der Waals surface area contributed by atoms with E-state index in [-0.39, 0.29) is 24.9 Å². The molecule has 4 N–H and O–H groups in total. The van der Waals surface area contributed by atoms with Crippen molar-refractivity contribution in [3.05, 3.63) is 131 Å². The van der Waals surface area contributed by atoms with Gasteiger partial charge in [-0.1, -0.05) is 90.7 Å². The summed E-state index contributed by atoms with van der Waals surface area (Å²) in [6.07, 6.45) is -0.270. The van der Waals surface area contributed by atoms with Crippen LogP contribution in [0.3, 0.4) is 0 Å². The van der Waals surface area contributed by atoms with Crippen LogP contribution in [0.1, 0.15) is 45.5 Å². The number of carbonyl (C=O) groups excluding carboxylic acids is 2. The van der Waals surface area contributed by atoms with E-state index in [1.165, 1.54) is 4.90 Å². The number of fused-ring (bicyclic) bond motifs is 3. The molecule has 1 aliphatic rings. The first kappa shape index (κ1) is 27.4. The highest BCUT2D eigenvalue weighted by atomic mass is 16.4. The molecule has 0 aliphatic heterocycles. The zero-order chi connectivity index (χ0) is 29.0. The summed E-state index contributed by atoms with van der Waals surface area (Å²) in [5.41, 5.74) is 8.68. The molecule has 0 aromatic heterocycles. The minimum absolute atomic E-state index is 0.0445. The number of hydrogen-bond acceptors (Lipinski definition) is 4. The van der Waals surface area contributed by atoms with E-state index in [2.05, 4.69) is 11.8 Å². The predicted molar refractivity (Wildman–Crippen MR) is 154 cm³/mol. The second-order valence-corrected chi connectivity index (χ2v) is 9.91. The van der Waals surface area contributed by atoms with Gasteiger partial charge in [0.25, 0.3) is 5.91 Å². The van der Waals surface area contributed by atoms with Gasteiger partial charge in [0.1, 0.15) is 6.04 Å². The summed E-state index contributed by atoms with van der Waals surface area (Å²) in [6.45, 7) is 0.0445. The van der Waals surface area contributed by atoms with Crippen LogP contribution in [0, 0.1) is 11.8 Å². The summed E-state index contributed by atoms with van der Waals surface area (Å²) in [6, 6.07) is 29.5. The minimum atomic E-state index is -1.48. The van der Waals surface area contributed by atoms with E-state index < -0.39 is 29.4 Å². The van der Waals surface area contributed by atoms with E-state index in [9.17, 15) is 24.6 Å². The number of aliphatic carboxylic acids is 1. The van der Waals surface area contributed by atoms with Gasteiger partial charge < -0.3 is 20.8 Å². The lowest BCUT2D eigenvalue weighted by atomic mass is 9.92. The number of carboxylic acid groups (broad SMARTS) is 1. The quantitative estimate of drug-likeness (QED) is 0.286. The molecule has 0 heterocycles. The molecule has 0 spiro atoms. The number of amides is 2. The Hall–Kier alpha value is -5.19. The number of nitrogens with two attached hydrogens (primary N) is 1. The SMILES string of the molecule is NC(=O)CC[C@@H](C(=O)O)N(Cc1ccccc1)C(=O)c1ccc(C#CC2(O)c3ccccc3-c3ccccc32)cc1. The Bertz CT molecular complexity index is 1620. The first-order valence-electron chi connectivity index (χ1n) is 13.2. The lowest BCUT2D eigenvalue weighted by molar-refractivity contribution is -0.143. The maximum absolute atomic E-state index is 13.6. The number of rotatable bonds is 8. The van der Waals surface area contributed by atoms with Crippen molar-refractivity contribution >= 4 is 17.8 Å². The van der Waals surface area contributed by atoms with Gasteiger partial charge in [0.2, 0.25) is 5.91 Å². The van der Waals surface area contributed by atoms with Gasteiger partial charge in [0, 0.05) is 35.2 Å². The monoisotopic (exact) mass is 544 g/mol. The van der Waals surface area contributed by atoms with Crippen molar-refractivity contribution in [2.45, 2.75) is 31.0 Å². The number of primary amides is 1. The van der Waals surface area contributed by atoms with Crippen LogP contribution in [0.15, 0.2) is 103 Å². The van der Waals surface area contributed by atoms with E-state index in [1.54, 1.807) is 48.5 Å². The normalized spacial score (nSPS) is 13.2. The van der Waals surface area contributed by atoms with Crippen LogP contribution >= 0.6 is 0 Å². The third-order valence-electron chi connectivity index (χ3n) is 7.23. The van der Waals surface area contributed by atoms with Gasteiger partial charge in [-0.3, -0.25) is 9.59 Å². The summed E-state index contributed by atoms with van der Waals surface area (Å²) in [5, 5.41) is 21.6. The smallest absolute Gasteiger partial charge is 0.326 e. The molecule has 0 bridgehead atoms. The number of hydrogen-bond donors (Lipinski definition) is 3. The summed E-state index contributed by atoms with van der Waals surface area (Å²) in [5.74, 6) is 3.73. The summed E-state index contributed by atoms with van der Waals surface area (Å²) < 4.78 is 0. The molecular weight excluding hydrogens is 516 g/mol. The third-order valence-corrected chi connectivity index (χ3v) is 7.23. The average molecular weight is 545 g/mol. The predicted octanol–water partition coefficient (Wildman–Crippen LogP) is 4.32. The van der Waals surface area contributed by atoms with E-state index >= 15 is 0 Å². The molecule has 0 radical (unpaired) electrons. The van der Waals surface area contributed by atoms with Crippen molar-refractivity contribution in [3.8, 4) is 23.0 Å². The van der Waals surface area contributed by atoms with Crippen LogP contribution in [0.2, 0.25) is 0 Å². The zero-order valence-corrected chi connectivity index (χ0v) is 22.2.